The molecular formula is C10H17N3O4. The number of carbonyl (C=O) groups excluding carboxylic acids is 1. The molecule has 7 nitrogen and oxygen atoms in total. The number of amides is 2. The molecule has 2 saturated heterocycles. The van der Waals surface area contributed by atoms with Crippen LogP contribution in [0.2, 0.25) is 0 Å². The zero-order valence-corrected chi connectivity index (χ0v) is 9.80. The predicted molar refractivity (Wildman–Crippen MR) is 58.6 cm³/mol. The summed E-state index contributed by atoms with van der Waals surface area (Å²) in [7, 11) is 1.84. The molecule has 0 radical (unpaired) electrons. The van der Waals surface area contributed by atoms with Gasteiger partial charge < -0.3 is 20.0 Å². The summed E-state index contributed by atoms with van der Waals surface area (Å²) in [4.78, 5) is 27.3. The van der Waals surface area contributed by atoms with E-state index in [1.165, 1.54) is 4.90 Å². The van der Waals surface area contributed by atoms with Gasteiger partial charge in [0.1, 0.15) is 0 Å². The van der Waals surface area contributed by atoms with Gasteiger partial charge in [0.2, 0.25) is 5.91 Å². The minimum atomic E-state index is -0.922. The number of hydrogen-bond donors (Lipinski definition) is 2. The van der Waals surface area contributed by atoms with E-state index in [2.05, 4.69) is 0 Å². The monoisotopic (exact) mass is 243 g/mol. The van der Waals surface area contributed by atoms with Crippen LogP contribution in [0.3, 0.4) is 0 Å². The molecule has 96 valence electrons. The maximum Gasteiger partial charge on any atom is 0.407 e. The van der Waals surface area contributed by atoms with Crippen LogP contribution in [0.1, 0.15) is 0 Å². The van der Waals surface area contributed by atoms with Gasteiger partial charge >= 0.3 is 6.09 Å². The van der Waals surface area contributed by atoms with Gasteiger partial charge in [-0.25, -0.2) is 4.79 Å². The molecule has 2 aliphatic heterocycles. The Morgan fingerprint density at radius 1 is 1.41 bits per heavy atom. The third-order valence-electron chi connectivity index (χ3n) is 3.63. The van der Waals surface area contributed by atoms with Crippen LogP contribution in [0.15, 0.2) is 0 Å². The van der Waals surface area contributed by atoms with Gasteiger partial charge in [-0.3, -0.25) is 9.69 Å². The Bertz CT molecular complexity index is 340. The summed E-state index contributed by atoms with van der Waals surface area (Å²) >= 11 is 0. The summed E-state index contributed by atoms with van der Waals surface area (Å²) in [6.45, 7) is 1.89. The lowest BCUT2D eigenvalue weighted by Gasteiger charge is -2.57. The molecule has 0 aromatic carbocycles. The van der Waals surface area contributed by atoms with Crippen molar-refractivity contribution in [2.75, 3.05) is 46.4 Å². The lowest BCUT2D eigenvalue weighted by atomic mass is 9.85. The van der Waals surface area contributed by atoms with Crippen molar-refractivity contribution in [2.24, 2.45) is 0 Å². The average Bonchev–Trinajstić information content (AvgIpc) is 2.18. The molecule has 0 unspecified atom stereocenters. The van der Waals surface area contributed by atoms with Gasteiger partial charge in [0.25, 0.3) is 0 Å². The van der Waals surface area contributed by atoms with Crippen LogP contribution < -0.4 is 0 Å². The van der Waals surface area contributed by atoms with E-state index in [0.29, 0.717) is 26.2 Å². The number of likely N-dealkylation sites (N-methyl/N-ethyl adjacent to an activating group) is 1. The lowest BCUT2D eigenvalue weighted by molar-refractivity contribution is -0.150. The molecule has 2 N–H and O–H groups in total. The SMILES string of the molecule is CN1CC(=O)N(CCO)CC12CN(C(=O)O)C2. The van der Waals surface area contributed by atoms with E-state index in [4.69, 9.17) is 10.2 Å². The van der Waals surface area contributed by atoms with Crippen LogP contribution in [-0.2, 0) is 4.79 Å². The third kappa shape index (κ3) is 1.96. The van der Waals surface area contributed by atoms with Crippen LogP contribution in [0.5, 0.6) is 0 Å². The Morgan fingerprint density at radius 3 is 2.59 bits per heavy atom. The molecule has 7 heteroatoms. The molecule has 0 bridgehead atoms. The van der Waals surface area contributed by atoms with Crippen LogP contribution in [0.4, 0.5) is 4.79 Å². The van der Waals surface area contributed by atoms with Crippen molar-refractivity contribution in [1.29, 1.82) is 0 Å². The van der Waals surface area contributed by atoms with Gasteiger partial charge in [-0.15, -0.1) is 0 Å². The molecule has 0 aliphatic carbocycles. The maximum absolute atomic E-state index is 11.7. The van der Waals surface area contributed by atoms with Crippen LogP contribution in [0, 0.1) is 0 Å². The quantitative estimate of drug-likeness (QED) is 0.615. The van der Waals surface area contributed by atoms with Crippen molar-refractivity contribution >= 4 is 12.0 Å². The minimum absolute atomic E-state index is 0.0130. The molecular weight excluding hydrogens is 226 g/mol. The highest BCUT2D eigenvalue weighted by Gasteiger charge is 2.52. The van der Waals surface area contributed by atoms with Crippen molar-refractivity contribution in [1.82, 2.24) is 14.7 Å². The van der Waals surface area contributed by atoms with Crippen molar-refractivity contribution < 1.29 is 19.8 Å². The number of piperazine rings is 1. The Kier molecular flexibility index (Phi) is 2.96. The molecule has 17 heavy (non-hydrogen) atoms. The highest BCUT2D eigenvalue weighted by molar-refractivity contribution is 5.80. The van der Waals surface area contributed by atoms with E-state index < -0.39 is 6.09 Å². The van der Waals surface area contributed by atoms with E-state index in [-0.39, 0.29) is 24.6 Å². The summed E-state index contributed by atoms with van der Waals surface area (Å²) < 4.78 is 0. The summed E-state index contributed by atoms with van der Waals surface area (Å²) in [5.74, 6) is -0.0130. The second kappa shape index (κ2) is 4.15. The van der Waals surface area contributed by atoms with Crippen molar-refractivity contribution in [3.8, 4) is 0 Å². The molecule has 2 aliphatic rings. The first-order valence-corrected chi connectivity index (χ1v) is 5.56. The largest absolute Gasteiger partial charge is 0.465 e. The fourth-order valence-electron chi connectivity index (χ4n) is 2.50. The smallest absolute Gasteiger partial charge is 0.407 e. The number of likely N-dealkylation sites (tertiary alicyclic amines) is 1. The molecule has 0 aromatic heterocycles. The number of aliphatic hydroxyl groups is 1. The topological polar surface area (TPSA) is 84.3 Å². The average molecular weight is 243 g/mol. The number of aliphatic hydroxyl groups excluding tert-OH is 1. The number of nitrogens with zero attached hydrogens (tertiary/aromatic N) is 3. The van der Waals surface area contributed by atoms with Gasteiger partial charge in [0.05, 0.1) is 18.7 Å². The molecule has 2 amide bonds. The van der Waals surface area contributed by atoms with E-state index >= 15 is 0 Å². The van der Waals surface area contributed by atoms with Crippen LogP contribution in [0.25, 0.3) is 0 Å². The molecule has 0 aromatic rings. The van der Waals surface area contributed by atoms with Crippen molar-refractivity contribution in [2.45, 2.75) is 5.54 Å². The van der Waals surface area contributed by atoms with E-state index in [9.17, 15) is 9.59 Å². The molecule has 0 atom stereocenters. The van der Waals surface area contributed by atoms with E-state index in [1.807, 2.05) is 11.9 Å². The highest BCUT2D eigenvalue weighted by Crippen LogP contribution is 2.30. The molecule has 1 spiro atoms. The van der Waals surface area contributed by atoms with Gasteiger partial charge in [-0.05, 0) is 7.05 Å². The summed E-state index contributed by atoms with van der Waals surface area (Å²) in [6, 6.07) is 0. The minimum Gasteiger partial charge on any atom is -0.465 e. The summed E-state index contributed by atoms with van der Waals surface area (Å²) in [6.07, 6.45) is -0.922. The molecule has 2 rings (SSSR count). The van der Waals surface area contributed by atoms with Gasteiger partial charge in [0.15, 0.2) is 0 Å². The Hall–Kier alpha value is -1.34. The van der Waals surface area contributed by atoms with Gasteiger partial charge in [-0.1, -0.05) is 0 Å². The Morgan fingerprint density at radius 2 is 2.06 bits per heavy atom. The second-order valence-electron chi connectivity index (χ2n) is 4.76. The van der Waals surface area contributed by atoms with E-state index in [0.717, 1.165) is 0 Å². The highest BCUT2D eigenvalue weighted by atomic mass is 16.4. The fraction of sp³-hybridized carbons (Fsp3) is 0.800. The van der Waals surface area contributed by atoms with E-state index in [1.54, 1.807) is 4.90 Å². The zero-order valence-electron chi connectivity index (χ0n) is 9.80. The number of carboxylic acid groups (broad SMARTS) is 1. The van der Waals surface area contributed by atoms with Crippen LogP contribution >= 0.6 is 0 Å². The molecule has 0 saturated carbocycles. The Labute approximate surface area is 99.2 Å². The van der Waals surface area contributed by atoms with Crippen LogP contribution in [-0.4, -0.2) is 88.8 Å². The first-order valence-electron chi connectivity index (χ1n) is 5.56. The zero-order chi connectivity index (χ0) is 12.6. The normalized spacial score (nSPS) is 24.0. The summed E-state index contributed by atoms with van der Waals surface area (Å²) in [5.41, 5.74) is -0.262. The van der Waals surface area contributed by atoms with Crippen molar-refractivity contribution in [3.05, 3.63) is 0 Å². The Balaban J connectivity index is 2.03. The molecule has 2 fully saturated rings. The first-order chi connectivity index (χ1) is 7.98. The maximum atomic E-state index is 11.7. The second-order valence-corrected chi connectivity index (χ2v) is 4.76. The van der Waals surface area contributed by atoms with Gasteiger partial charge in [0, 0.05) is 26.2 Å². The fourth-order valence-corrected chi connectivity index (χ4v) is 2.50. The summed E-state index contributed by atoms with van der Waals surface area (Å²) in [5, 5.41) is 17.7. The number of hydrogen-bond acceptors (Lipinski definition) is 4. The standard InChI is InChI=1S/C10H17N3O4/c1-11-4-8(15)12(2-3-14)5-10(11)6-13(7-10)9(16)17/h14H,2-7H2,1H3,(H,16,17). The number of β-amino-alcohol motifs (C(OH)–C–C–N with tert-alkyl or cyclic N) is 1. The van der Waals surface area contributed by atoms with Gasteiger partial charge in [-0.2, -0.15) is 0 Å². The number of rotatable bonds is 2. The number of carbonyl (C=O) groups is 2. The molecule has 2 heterocycles. The predicted octanol–water partition coefficient (Wildman–Crippen LogP) is -1.51. The van der Waals surface area contributed by atoms with Crippen molar-refractivity contribution in [3.63, 3.8) is 0 Å². The third-order valence-corrected chi connectivity index (χ3v) is 3.63. The lowest BCUT2D eigenvalue weighted by Crippen LogP contribution is -2.77. The first kappa shape index (κ1) is 12.1.